The fourth-order valence-corrected chi connectivity index (χ4v) is 2.46. The van der Waals surface area contributed by atoms with E-state index in [0.29, 0.717) is 5.92 Å². The van der Waals surface area contributed by atoms with E-state index in [9.17, 15) is 0 Å². The van der Waals surface area contributed by atoms with Gasteiger partial charge in [0, 0.05) is 17.4 Å². The summed E-state index contributed by atoms with van der Waals surface area (Å²) >= 11 is 0. The second kappa shape index (κ2) is 7.13. The van der Waals surface area contributed by atoms with Gasteiger partial charge in [0.05, 0.1) is 0 Å². The van der Waals surface area contributed by atoms with Gasteiger partial charge in [0.15, 0.2) is 0 Å². The maximum absolute atomic E-state index is 4.47. The summed E-state index contributed by atoms with van der Waals surface area (Å²) in [6.45, 7) is 6.28. The zero-order valence-corrected chi connectivity index (χ0v) is 14.2. The zero-order valence-electron chi connectivity index (χ0n) is 14.2. The largest absolute Gasteiger partial charge is 0.340 e. The van der Waals surface area contributed by atoms with Crippen molar-refractivity contribution in [2.45, 2.75) is 26.7 Å². The normalized spacial score (nSPS) is 10.7. The van der Waals surface area contributed by atoms with Crippen LogP contribution >= 0.6 is 0 Å². The van der Waals surface area contributed by atoms with Crippen LogP contribution in [0.3, 0.4) is 0 Å². The van der Waals surface area contributed by atoms with Crippen LogP contribution in [0.2, 0.25) is 0 Å². The third-order valence-corrected chi connectivity index (χ3v) is 3.73. The van der Waals surface area contributed by atoms with Crippen LogP contribution in [-0.2, 0) is 0 Å². The van der Waals surface area contributed by atoms with Crippen LogP contribution < -0.4 is 10.6 Å². The van der Waals surface area contributed by atoms with Crippen molar-refractivity contribution >= 4 is 23.0 Å². The summed E-state index contributed by atoms with van der Waals surface area (Å²) in [7, 11) is 0. The number of rotatable bonds is 5. The molecule has 4 heteroatoms. The summed E-state index contributed by atoms with van der Waals surface area (Å²) in [4.78, 5) is 8.91. The molecule has 2 N–H and O–H groups in total. The minimum atomic E-state index is 0.530. The van der Waals surface area contributed by atoms with Crippen molar-refractivity contribution in [3.63, 3.8) is 0 Å². The van der Waals surface area contributed by atoms with Gasteiger partial charge in [0.1, 0.15) is 17.5 Å². The van der Waals surface area contributed by atoms with E-state index in [-0.39, 0.29) is 0 Å². The highest BCUT2D eigenvalue weighted by atomic mass is 15.1. The molecule has 1 aromatic heterocycles. The predicted octanol–water partition coefficient (Wildman–Crippen LogP) is 5.40. The third-order valence-electron chi connectivity index (χ3n) is 3.73. The molecule has 0 atom stereocenters. The molecule has 1 heterocycles. The van der Waals surface area contributed by atoms with E-state index >= 15 is 0 Å². The van der Waals surface area contributed by atoms with Gasteiger partial charge in [0.2, 0.25) is 0 Å². The summed E-state index contributed by atoms with van der Waals surface area (Å²) < 4.78 is 0. The molecular weight excluding hydrogens is 296 g/mol. The van der Waals surface area contributed by atoms with Gasteiger partial charge < -0.3 is 10.6 Å². The quantitative estimate of drug-likeness (QED) is 0.661. The monoisotopic (exact) mass is 318 g/mol. The molecule has 4 nitrogen and oxygen atoms in total. The van der Waals surface area contributed by atoms with E-state index in [0.717, 1.165) is 28.8 Å². The van der Waals surface area contributed by atoms with Gasteiger partial charge in [0.25, 0.3) is 0 Å². The van der Waals surface area contributed by atoms with E-state index < -0.39 is 0 Å². The second-order valence-electron chi connectivity index (χ2n) is 6.08. The van der Waals surface area contributed by atoms with Crippen molar-refractivity contribution in [2.75, 3.05) is 10.6 Å². The summed E-state index contributed by atoms with van der Waals surface area (Å²) in [6, 6.07) is 20.4. The summed E-state index contributed by atoms with van der Waals surface area (Å²) in [6.07, 6.45) is 0. The molecule has 0 radical (unpaired) electrons. The molecule has 0 spiro atoms. The topological polar surface area (TPSA) is 49.8 Å². The number of hydrogen-bond acceptors (Lipinski definition) is 4. The minimum Gasteiger partial charge on any atom is -0.340 e. The third kappa shape index (κ3) is 4.10. The number of benzene rings is 2. The SMILES string of the molecule is Cc1nc(Nc2ccccc2)cc(Nc2ccc(C(C)C)cc2)n1. The average Bonchev–Trinajstić information content (AvgIpc) is 2.55. The highest BCUT2D eigenvalue weighted by Crippen LogP contribution is 2.22. The Morgan fingerprint density at radius 1 is 0.750 bits per heavy atom. The molecule has 122 valence electrons. The van der Waals surface area contributed by atoms with Crippen molar-refractivity contribution in [1.29, 1.82) is 0 Å². The van der Waals surface area contributed by atoms with Gasteiger partial charge in [-0.3, -0.25) is 0 Å². The standard InChI is InChI=1S/C20H22N4/c1-14(2)16-9-11-18(12-10-16)24-20-13-19(21-15(3)22-20)23-17-7-5-4-6-8-17/h4-14H,1-3H3,(H2,21,22,23,24). The van der Waals surface area contributed by atoms with Crippen molar-refractivity contribution in [3.8, 4) is 0 Å². The van der Waals surface area contributed by atoms with Crippen molar-refractivity contribution in [2.24, 2.45) is 0 Å². The number of anilines is 4. The first-order valence-electron chi connectivity index (χ1n) is 8.15. The molecule has 0 amide bonds. The first-order valence-corrected chi connectivity index (χ1v) is 8.15. The number of aryl methyl sites for hydroxylation is 1. The number of nitrogens with zero attached hydrogens (tertiary/aromatic N) is 2. The van der Waals surface area contributed by atoms with Crippen LogP contribution in [0.25, 0.3) is 0 Å². The highest BCUT2D eigenvalue weighted by Gasteiger charge is 2.04. The van der Waals surface area contributed by atoms with Crippen LogP contribution in [0.15, 0.2) is 60.7 Å². The summed E-state index contributed by atoms with van der Waals surface area (Å²) in [5.74, 6) is 2.80. The molecule has 3 rings (SSSR count). The van der Waals surface area contributed by atoms with E-state index in [1.54, 1.807) is 0 Å². The Hall–Kier alpha value is -2.88. The van der Waals surface area contributed by atoms with Gasteiger partial charge >= 0.3 is 0 Å². The Balaban J connectivity index is 1.78. The molecule has 0 saturated carbocycles. The molecular formula is C20H22N4. The van der Waals surface area contributed by atoms with E-state index in [2.05, 4.69) is 58.7 Å². The Morgan fingerprint density at radius 2 is 1.29 bits per heavy atom. The molecule has 0 aliphatic heterocycles. The Labute approximate surface area is 143 Å². The van der Waals surface area contributed by atoms with Gasteiger partial charge in [-0.2, -0.15) is 0 Å². The summed E-state index contributed by atoms with van der Waals surface area (Å²) in [5, 5.41) is 6.65. The predicted molar refractivity (Wildman–Crippen MR) is 100 cm³/mol. The Morgan fingerprint density at radius 3 is 1.83 bits per heavy atom. The minimum absolute atomic E-state index is 0.530. The fraction of sp³-hybridized carbons (Fsp3) is 0.200. The van der Waals surface area contributed by atoms with Gasteiger partial charge in [-0.25, -0.2) is 9.97 Å². The van der Waals surface area contributed by atoms with Crippen LogP contribution in [-0.4, -0.2) is 9.97 Å². The molecule has 2 aromatic carbocycles. The number of aromatic nitrogens is 2. The van der Waals surface area contributed by atoms with Crippen LogP contribution in [0, 0.1) is 6.92 Å². The lowest BCUT2D eigenvalue weighted by Gasteiger charge is -2.11. The van der Waals surface area contributed by atoms with Crippen molar-refractivity contribution in [1.82, 2.24) is 9.97 Å². The van der Waals surface area contributed by atoms with Crippen molar-refractivity contribution < 1.29 is 0 Å². The molecule has 24 heavy (non-hydrogen) atoms. The molecule has 0 saturated heterocycles. The average molecular weight is 318 g/mol. The van der Waals surface area contributed by atoms with E-state index in [1.807, 2.05) is 43.3 Å². The lowest BCUT2D eigenvalue weighted by Crippen LogP contribution is -2.01. The van der Waals surface area contributed by atoms with E-state index in [4.69, 9.17) is 0 Å². The number of hydrogen-bond donors (Lipinski definition) is 2. The van der Waals surface area contributed by atoms with Crippen LogP contribution in [0.1, 0.15) is 31.2 Å². The molecule has 3 aromatic rings. The van der Waals surface area contributed by atoms with Gasteiger partial charge in [-0.15, -0.1) is 0 Å². The number of nitrogens with one attached hydrogen (secondary N) is 2. The highest BCUT2D eigenvalue weighted by molar-refractivity contribution is 5.63. The smallest absolute Gasteiger partial charge is 0.136 e. The maximum Gasteiger partial charge on any atom is 0.136 e. The Bertz CT molecular complexity index is 796. The zero-order chi connectivity index (χ0) is 16.9. The second-order valence-corrected chi connectivity index (χ2v) is 6.08. The molecule has 0 aliphatic carbocycles. The maximum atomic E-state index is 4.47. The van der Waals surface area contributed by atoms with E-state index in [1.165, 1.54) is 5.56 Å². The Kier molecular flexibility index (Phi) is 4.75. The lowest BCUT2D eigenvalue weighted by molar-refractivity contribution is 0.867. The summed E-state index contributed by atoms with van der Waals surface area (Å²) in [5.41, 5.74) is 3.34. The first-order chi connectivity index (χ1) is 11.6. The van der Waals surface area contributed by atoms with Crippen molar-refractivity contribution in [3.05, 3.63) is 72.1 Å². The molecule has 0 aliphatic rings. The molecule has 0 unspecified atom stereocenters. The van der Waals surface area contributed by atoms with Crippen LogP contribution in [0.5, 0.6) is 0 Å². The van der Waals surface area contributed by atoms with Gasteiger partial charge in [-0.1, -0.05) is 44.2 Å². The lowest BCUT2D eigenvalue weighted by atomic mass is 10.0. The molecule has 0 fully saturated rings. The van der Waals surface area contributed by atoms with Gasteiger partial charge in [-0.05, 0) is 42.7 Å². The first kappa shape index (κ1) is 16.0. The fourth-order valence-electron chi connectivity index (χ4n) is 2.46. The van der Waals surface area contributed by atoms with Crippen LogP contribution in [0.4, 0.5) is 23.0 Å². The molecule has 0 bridgehead atoms. The number of para-hydroxylation sites is 1.